The highest BCUT2D eigenvalue weighted by Gasteiger charge is 2.42. The van der Waals surface area contributed by atoms with E-state index in [1.807, 2.05) is 43.9 Å². The zero-order valence-electron chi connectivity index (χ0n) is 19.7. The lowest BCUT2D eigenvalue weighted by Crippen LogP contribution is -2.63. The lowest BCUT2D eigenvalue weighted by molar-refractivity contribution is -0.0222. The summed E-state index contributed by atoms with van der Waals surface area (Å²) in [5.74, 6) is 0.0195. The quantitative estimate of drug-likeness (QED) is 0.562. The van der Waals surface area contributed by atoms with Gasteiger partial charge in [-0.25, -0.2) is 4.79 Å². The number of aryl methyl sites for hydroxylation is 1. The minimum atomic E-state index is -0.530. The molecule has 1 aliphatic carbocycles. The molecule has 2 aliphatic heterocycles. The van der Waals surface area contributed by atoms with Gasteiger partial charge in [-0.2, -0.15) is 0 Å². The molecular formula is C26H32ClN3O3. The molecule has 2 saturated heterocycles. The number of ether oxygens (including phenoxy) is 1. The maximum absolute atomic E-state index is 13.7. The number of pyridine rings is 1. The molecule has 0 saturated carbocycles. The van der Waals surface area contributed by atoms with E-state index in [1.54, 1.807) is 4.90 Å². The van der Waals surface area contributed by atoms with Crippen LogP contribution in [0.2, 0.25) is 5.02 Å². The molecule has 7 heteroatoms. The number of benzene rings is 1. The van der Waals surface area contributed by atoms with Gasteiger partial charge in [0.05, 0.1) is 22.6 Å². The number of carbonyl (C=O) groups excluding carboxylic acids is 2. The molecular weight excluding hydrogens is 438 g/mol. The molecule has 2 atom stereocenters. The molecule has 6 nitrogen and oxygen atoms in total. The van der Waals surface area contributed by atoms with Crippen LogP contribution in [0, 0.1) is 0 Å². The molecule has 3 aliphatic rings. The first kappa shape index (κ1) is 22.5. The largest absolute Gasteiger partial charge is 0.444 e. The second-order valence-corrected chi connectivity index (χ2v) is 11.0. The fraction of sp³-hybridized carbons (Fsp3) is 0.577. The summed E-state index contributed by atoms with van der Waals surface area (Å²) in [6, 6.07) is 5.73. The van der Waals surface area contributed by atoms with E-state index in [0.717, 1.165) is 66.6 Å². The van der Waals surface area contributed by atoms with Gasteiger partial charge in [-0.05, 0) is 83.4 Å². The Labute approximate surface area is 200 Å². The SMILES string of the molecule is CC(C)(C)OC(=O)N1CC2CCCC(C1)N2C(=O)c1ccc2c(Cl)c3c(nc2c1)CCCC3. The van der Waals surface area contributed by atoms with Gasteiger partial charge in [0.15, 0.2) is 0 Å². The number of hydrogen-bond acceptors (Lipinski definition) is 4. The van der Waals surface area contributed by atoms with Crippen molar-refractivity contribution in [3.63, 3.8) is 0 Å². The van der Waals surface area contributed by atoms with E-state index in [-0.39, 0.29) is 24.1 Å². The van der Waals surface area contributed by atoms with Crippen LogP contribution in [-0.2, 0) is 17.6 Å². The van der Waals surface area contributed by atoms with Crippen molar-refractivity contribution < 1.29 is 14.3 Å². The molecule has 2 aromatic rings. The Morgan fingerprint density at radius 3 is 2.45 bits per heavy atom. The smallest absolute Gasteiger partial charge is 0.410 e. The summed E-state index contributed by atoms with van der Waals surface area (Å²) in [6.45, 7) is 6.67. The molecule has 33 heavy (non-hydrogen) atoms. The van der Waals surface area contributed by atoms with Gasteiger partial charge in [0, 0.05) is 29.7 Å². The topological polar surface area (TPSA) is 62.7 Å². The van der Waals surface area contributed by atoms with Gasteiger partial charge in [-0.3, -0.25) is 9.78 Å². The van der Waals surface area contributed by atoms with Crippen molar-refractivity contribution in [1.82, 2.24) is 14.8 Å². The molecule has 176 valence electrons. The second-order valence-electron chi connectivity index (χ2n) is 10.6. The second kappa shape index (κ2) is 8.46. The number of halogens is 1. The van der Waals surface area contributed by atoms with Crippen LogP contribution < -0.4 is 0 Å². The summed E-state index contributed by atoms with van der Waals surface area (Å²) < 4.78 is 5.59. The van der Waals surface area contributed by atoms with Gasteiger partial charge in [0.1, 0.15) is 5.60 Å². The number of rotatable bonds is 1. The number of amides is 2. The number of likely N-dealkylation sites (tertiary alicyclic amines) is 1. The van der Waals surface area contributed by atoms with Crippen LogP contribution in [0.15, 0.2) is 18.2 Å². The Bertz CT molecular complexity index is 1100. The number of aromatic nitrogens is 1. The van der Waals surface area contributed by atoms with Gasteiger partial charge < -0.3 is 14.5 Å². The summed E-state index contributed by atoms with van der Waals surface area (Å²) >= 11 is 6.72. The summed E-state index contributed by atoms with van der Waals surface area (Å²) in [6.07, 6.45) is 6.77. The average molecular weight is 470 g/mol. The number of nitrogens with zero attached hydrogens (tertiary/aromatic N) is 3. The number of fused-ring (bicyclic) bond motifs is 4. The van der Waals surface area contributed by atoms with Crippen molar-refractivity contribution >= 4 is 34.5 Å². The third-order valence-corrected chi connectivity index (χ3v) is 7.48. The minimum absolute atomic E-state index is 0.00768. The molecule has 0 radical (unpaired) electrons. The molecule has 2 amide bonds. The number of piperazine rings is 1. The molecule has 0 N–H and O–H groups in total. The first-order chi connectivity index (χ1) is 15.7. The van der Waals surface area contributed by atoms with Crippen LogP contribution in [-0.4, -0.2) is 57.6 Å². The number of piperidine rings is 1. The Hall–Kier alpha value is -2.34. The lowest BCUT2D eigenvalue weighted by Gasteiger charge is -2.50. The summed E-state index contributed by atoms with van der Waals surface area (Å²) in [4.78, 5) is 35.0. The standard InChI is InChI=1S/C26H32ClN3O3/c1-26(2,3)33-25(32)29-14-17-7-6-8-18(15-29)30(17)24(31)16-11-12-20-22(13-16)28-21-10-5-4-9-19(21)23(20)27/h11-13,17-18H,4-10,14-15H2,1-3H3. The van der Waals surface area contributed by atoms with Crippen LogP contribution in [0.5, 0.6) is 0 Å². The fourth-order valence-electron chi connectivity index (χ4n) is 5.56. The van der Waals surface area contributed by atoms with E-state index in [4.69, 9.17) is 21.3 Å². The Morgan fingerprint density at radius 1 is 1.06 bits per heavy atom. The van der Waals surface area contributed by atoms with E-state index < -0.39 is 5.60 Å². The predicted molar refractivity (Wildman–Crippen MR) is 129 cm³/mol. The Kier molecular flexibility index (Phi) is 5.76. The van der Waals surface area contributed by atoms with Gasteiger partial charge in [0.25, 0.3) is 5.91 Å². The monoisotopic (exact) mass is 469 g/mol. The summed E-state index contributed by atoms with van der Waals surface area (Å²) in [7, 11) is 0. The maximum Gasteiger partial charge on any atom is 0.410 e. The van der Waals surface area contributed by atoms with Crippen LogP contribution in [0.25, 0.3) is 10.9 Å². The highest BCUT2D eigenvalue weighted by molar-refractivity contribution is 6.36. The third kappa shape index (κ3) is 4.30. The van der Waals surface area contributed by atoms with Crippen LogP contribution in [0.3, 0.4) is 0 Å². The van der Waals surface area contributed by atoms with Crippen molar-refractivity contribution in [3.05, 3.63) is 40.0 Å². The zero-order valence-corrected chi connectivity index (χ0v) is 20.5. The van der Waals surface area contributed by atoms with Gasteiger partial charge in [0.2, 0.25) is 0 Å². The van der Waals surface area contributed by atoms with Crippen molar-refractivity contribution in [2.75, 3.05) is 13.1 Å². The van der Waals surface area contributed by atoms with E-state index in [0.29, 0.717) is 18.7 Å². The van der Waals surface area contributed by atoms with E-state index >= 15 is 0 Å². The fourth-order valence-corrected chi connectivity index (χ4v) is 5.93. The molecule has 1 aromatic heterocycles. The normalized spacial score (nSPS) is 22.8. The molecule has 0 spiro atoms. The molecule has 1 aromatic carbocycles. The zero-order chi connectivity index (χ0) is 23.3. The molecule has 2 bridgehead atoms. The number of carbonyl (C=O) groups is 2. The van der Waals surface area contributed by atoms with Crippen molar-refractivity contribution in [2.45, 2.75) is 83.4 Å². The van der Waals surface area contributed by atoms with Gasteiger partial charge >= 0.3 is 6.09 Å². The van der Waals surface area contributed by atoms with Crippen LogP contribution >= 0.6 is 11.6 Å². The predicted octanol–water partition coefficient (Wildman–Crippen LogP) is 5.38. The highest BCUT2D eigenvalue weighted by atomic mass is 35.5. The van der Waals surface area contributed by atoms with Crippen molar-refractivity contribution in [2.24, 2.45) is 0 Å². The first-order valence-corrected chi connectivity index (χ1v) is 12.5. The first-order valence-electron chi connectivity index (χ1n) is 12.1. The Balaban J connectivity index is 1.40. The van der Waals surface area contributed by atoms with E-state index in [9.17, 15) is 9.59 Å². The molecule has 3 heterocycles. The average Bonchev–Trinajstić information content (AvgIpc) is 2.76. The van der Waals surface area contributed by atoms with Crippen LogP contribution in [0.4, 0.5) is 4.79 Å². The minimum Gasteiger partial charge on any atom is -0.444 e. The van der Waals surface area contributed by atoms with Crippen molar-refractivity contribution in [1.29, 1.82) is 0 Å². The maximum atomic E-state index is 13.7. The molecule has 2 unspecified atom stereocenters. The summed E-state index contributed by atoms with van der Waals surface area (Å²) in [5.41, 5.74) is 3.15. The lowest BCUT2D eigenvalue weighted by atomic mass is 9.90. The number of hydrogen-bond donors (Lipinski definition) is 0. The third-order valence-electron chi connectivity index (χ3n) is 7.05. The van der Waals surface area contributed by atoms with Gasteiger partial charge in [-0.15, -0.1) is 0 Å². The van der Waals surface area contributed by atoms with E-state index in [1.165, 1.54) is 5.56 Å². The van der Waals surface area contributed by atoms with Gasteiger partial charge in [-0.1, -0.05) is 17.7 Å². The Morgan fingerprint density at radius 2 is 1.76 bits per heavy atom. The highest BCUT2D eigenvalue weighted by Crippen LogP contribution is 2.35. The summed E-state index contributed by atoms with van der Waals surface area (Å²) in [5, 5.41) is 1.71. The van der Waals surface area contributed by atoms with Crippen molar-refractivity contribution in [3.8, 4) is 0 Å². The van der Waals surface area contributed by atoms with Crippen LogP contribution in [0.1, 0.15) is 74.5 Å². The molecule has 5 rings (SSSR count). The molecule has 2 fully saturated rings. The van der Waals surface area contributed by atoms with E-state index in [2.05, 4.69) is 0 Å².